The van der Waals surface area contributed by atoms with Crippen LogP contribution in [0.25, 0.3) is 0 Å². The van der Waals surface area contributed by atoms with E-state index in [0.717, 1.165) is 18.5 Å². The maximum Gasteiger partial charge on any atom is 0.325 e. The van der Waals surface area contributed by atoms with Crippen molar-refractivity contribution in [1.29, 1.82) is 0 Å². The predicted molar refractivity (Wildman–Crippen MR) is 106 cm³/mol. The van der Waals surface area contributed by atoms with Crippen LogP contribution in [0.1, 0.15) is 11.3 Å². The van der Waals surface area contributed by atoms with Crippen LogP contribution in [0.5, 0.6) is 23.1 Å². The SMILES string of the molecule is O=c1[nH]c(O)c(Cc2cc(I)c(Oc3ccc(O)cc3)c(I)c2)[nH]1. The molecular weight excluding hydrogens is 538 g/mol. The normalized spacial score (nSPS) is 10.8. The van der Waals surface area contributed by atoms with Crippen LogP contribution >= 0.6 is 45.2 Å². The van der Waals surface area contributed by atoms with Crippen LogP contribution in [0.4, 0.5) is 0 Å². The highest BCUT2D eigenvalue weighted by molar-refractivity contribution is 14.1. The Hall–Kier alpha value is -1.69. The Morgan fingerprint density at radius 3 is 2.17 bits per heavy atom. The molecule has 0 bridgehead atoms. The smallest absolute Gasteiger partial charge is 0.325 e. The molecule has 4 N–H and O–H groups in total. The van der Waals surface area contributed by atoms with Gasteiger partial charge in [0.15, 0.2) is 5.75 Å². The van der Waals surface area contributed by atoms with E-state index in [9.17, 15) is 15.0 Å². The summed E-state index contributed by atoms with van der Waals surface area (Å²) in [5.41, 5.74) is 0.949. The van der Waals surface area contributed by atoms with Crippen molar-refractivity contribution in [2.24, 2.45) is 0 Å². The van der Waals surface area contributed by atoms with Gasteiger partial charge in [-0.05, 0) is 87.1 Å². The highest BCUT2D eigenvalue weighted by atomic mass is 127. The van der Waals surface area contributed by atoms with Crippen LogP contribution in [-0.2, 0) is 6.42 Å². The van der Waals surface area contributed by atoms with Gasteiger partial charge in [-0.2, -0.15) is 0 Å². The molecule has 3 aromatic rings. The van der Waals surface area contributed by atoms with Crippen LogP contribution in [0.15, 0.2) is 41.2 Å². The van der Waals surface area contributed by atoms with Gasteiger partial charge in [0.05, 0.1) is 12.8 Å². The lowest BCUT2D eigenvalue weighted by atomic mass is 10.1. The number of nitrogens with one attached hydrogen (secondary N) is 2. The lowest BCUT2D eigenvalue weighted by Gasteiger charge is -2.12. The Kier molecular flexibility index (Phi) is 5.04. The summed E-state index contributed by atoms with van der Waals surface area (Å²) >= 11 is 4.36. The second kappa shape index (κ2) is 7.05. The van der Waals surface area contributed by atoms with Gasteiger partial charge in [-0.25, -0.2) is 4.79 Å². The Balaban J connectivity index is 1.87. The van der Waals surface area contributed by atoms with Gasteiger partial charge in [-0.15, -0.1) is 0 Å². The third kappa shape index (κ3) is 3.86. The average molecular weight is 550 g/mol. The van der Waals surface area contributed by atoms with Crippen molar-refractivity contribution < 1.29 is 14.9 Å². The minimum Gasteiger partial charge on any atom is -0.508 e. The number of aromatic amines is 2. The maximum atomic E-state index is 11.2. The molecule has 0 unspecified atom stereocenters. The van der Waals surface area contributed by atoms with Gasteiger partial charge in [0.25, 0.3) is 0 Å². The number of hydrogen-bond acceptors (Lipinski definition) is 4. The Morgan fingerprint density at radius 1 is 1.00 bits per heavy atom. The number of halogens is 2. The standard InChI is InChI=1S/C16H12I2N2O4/c17-11-5-8(7-13-15(22)20-16(23)19-13)6-12(18)14(11)24-10-3-1-9(21)2-4-10/h1-6,21-22H,7H2,(H2,19,20,23). The second-order valence-corrected chi connectivity index (χ2v) is 7.39. The molecule has 6 nitrogen and oxygen atoms in total. The summed E-state index contributed by atoms with van der Waals surface area (Å²) in [5, 5.41) is 19.0. The fraction of sp³-hybridized carbons (Fsp3) is 0.0625. The number of rotatable bonds is 4. The summed E-state index contributed by atoms with van der Waals surface area (Å²) in [7, 11) is 0. The van der Waals surface area contributed by atoms with Crippen molar-refractivity contribution in [3.63, 3.8) is 0 Å². The van der Waals surface area contributed by atoms with Crippen molar-refractivity contribution in [3.05, 3.63) is 65.3 Å². The molecule has 0 aliphatic rings. The summed E-state index contributed by atoms with van der Waals surface area (Å²) in [6.45, 7) is 0. The van der Waals surface area contributed by atoms with Crippen LogP contribution in [0, 0.1) is 7.14 Å². The number of ether oxygens (including phenoxy) is 1. The minimum atomic E-state index is -0.431. The van der Waals surface area contributed by atoms with Crippen molar-refractivity contribution in [3.8, 4) is 23.1 Å². The first kappa shape index (κ1) is 17.1. The quantitative estimate of drug-likeness (QED) is 0.373. The van der Waals surface area contributed by atoms with Crippen LogP contribution < -0.4 is 10.4 Å². The van der Waals surface area contributed by atoms with Gasteiger partial charge in [0.2, 0.25) is 5.88 Å². The van der Waals surface area contributed by atoms with Gasteiger partial charge in [-0.3, -0.25) is 4.98 Å². The number of hydrogen-bond donors (Lipinski definition) is 4. The Bertz CT molecular complexity index is 909. The number of phenols is 1. The van der Waals surface area contributed by atoms with E-state index in [1.165, 1.54) is 0 Å². The molecule has 0 spiro atoms. The van der Waals surface area contributed by atoms with Crippen LogP contribution in [-0.4, -0.2) is 20.2 Å². The van der Waals surface area contributed by atoms with E-state index in [1.54, 1.807) is 24.3 Å². The van der Waals surface area contributed by atoms with Crippen LogP contribution in [0.2, 0.25) is 0 Å². The van der Waals surface area contributed by atoms with Crippen molar-refractivity contribution in [2.75, 3.05) is 0 Å². The second-order valence-electron chi connectivity index (χ2n) is 5.07. The van der Waals surface area contributed by atoms with E-state index >= 15 is 0 Å². The molecule has 0 aliphatic carbocycles. The zero-order valence-corrected chi connectivity index (χ0v) is 16.5. The highest BCUT2D eigenvalue weighted by Gasteiger charge is 2.13. The molecular formula is C16H12I2N2O4. The first-order chi connectivity index (χ1) is 11.4. The topological polar surface area (TPSA) is 98.3 Å². The van der Waals surface area contributed by atoms with E-state index in [2.05, 4.69) is 55.1 Å². The predicted octanol–water partition coefficient (Wildman–Crippen LogP) is 3.71. The monoisotopic (exact) mass is 550 g/mol. The number of imidazole rings is 1. The van der Waals surface area contributed by atoms with Crippen molar-refractivity contribution in [1.82, 2.24) is 9.97 Å². The molecule has 1 heterocycles. The molecule has 0 saturated heterocycles. The number of aromatic nitrogens is 2. The Labute approximate surface area is 164 Å². The largest absolute Gasteiger partial charge is 0.508 e. The molecule has 24 heavy (non-hydrogen) atoms. The third-order valence-corrected chi connectivity index (χ3v) is 4.88. The van der Waals surface area contributed by atoms with Gasteiger partial charge in [0, 0.05) is 6.42 Å². The molecule has 0 radical (unpaired) electrons. The highest BCUT2D eigenvalue weighted by Crippen LogP contribution is 2.34. The third-order valence-electron chi connectivity index (χ3n) is 3.28. The van der Waals surface area contributed by atoms with Gasteiger partial charge < -0.3 is 19.9 Å². The Morgan fingerprint density at radius 2 is 1.62 bits per heavy atom. The van der Waals surface area contributed by atoms with Crippen molar-refractivity contribution >= 4 is 45.2 Å². The van der Waals surface area contributed by atoms with Crippen LogP contribution in [0.3, 0.4) is 0 Å². The van der Waals surface area contributed by atoms with E-state index in [0.29, 0.717) is 17.9 Å². The maximum absolute atomic E-state index is 11.2. The van der Waals surface area contributed by atoms with Crippen molar-refractivity contribution in [2.45, 2.75) is 6.42 Å². The molecule has 0 atom stereocenters. The summed E-state index contributed by atoms with van der Waals surface area (Å²) in [6.07, 6.45) is 0.399. The molecule has 8 heteroatoms. The fourth-order valence-corrected chi connectivity index (χ4v) is 4.30. The number of benzene rings is 2. The summed E-state index contributed by atoms with van der Waals surface area (Å²) in [6, 6.07) is 10.4. The molecule has 0 aliphatic heterocycles. The molecule has 0 amide bonds. The summed E-state index contributed by atoms with van der Waals surface area (Å²) in [5.74, 6) is 1.39. The lowest BCUT2D eigenvalue weighted by Crippen LogP contribution is -2.01. The minimum absolute atomic E-state index is 0.144. The number of phenolic OH excluding ortho intramolecular Hbond substituents is 1. The van der Waals surface area contributed by atoms with Gasteiger partial charge in [0.1, 0.15) is 11.5 Å². The van der Waals surface area contributed by atoms with E-state index in [4.69, 9.17) is 4.74 Å². The molecule has 3 rings (SSSR count). The lowest BCUT2D eigenvalue weighted by molar-refractivity contribution is 0.450. The molecule has 2 aromatic carbocycles. The number of aromatic hydroxyl groups is 2. The molecule has 124 valence electrons. The van der Waals surface area contributed by atoms with E-state index in [-0.39, 0.29) is 11.6 Å². The van der Waals surface area contributed by atoms with Gasteiger partial charge in [-0.1, -0.05) is 0 Å². The first-order valence-corrected chi connectivity index (χ1v) is 9.03. The van der Waals surface area contributed by atoms with E-state index < -0.39 is 5.69 Å². The summed E-state index contributed by atoms with van der Waals surface area (Å²) < 4.78 is 7.69. The molecule has 0 fully saturated rings. The average Bonchev–Trinajstić information content (AvgIpc) is 2.82. The molecule has 1 aromatic heterocycles. The first-order valence-electron chi connectivity index (χ1n) is 6.87. The summed E-state index contributed by atoms with van der Waals surface area (Å²) in [4.78, 5) is 16.1. The number of H-pyrrole nitrogens is 2. The zero-order valence-electron chi connectivity index (χ0n) is 12.1. The van der Waals surface area contributed by atoms with E-state index in [1.807, 2.05) is 12.1 Å². The zero-order chi connectivity index (χ0) is 17.3. The fourth-order valence-electron chi connectivity index (χ4n) is 2.19. The van der Waals surface area contributed by atoms with Gasteiger partial charge >= 0.3 is 5.69 Å². The molecule has 0 saturated carbocycles.